The predicted molar refractivity (Wildman–Crippen MR) is 86.8 cm³/mol. The maximum atomic E-state index is 12.1. The molecular formula is C12H16N4O3S2. The number of benzene rings is 1. The van der Waals surface area contributed by atoms with Crippen molar-refractivity contribution in [1.82, 2.24) is 5.32 Å². The van der Waals surface area contributed by atoms with Gasteiger partial charge in [0.25, 0.3) is 11.6 Å². The Kier molecular flexibility index (Phi) is 5.71. The van der Waals surface area contributed by atoms with Crippen LogP contribution in [0.2, 0.25) is 0 Å². The van der Waals surface area contributed by atoms with Crippen molar-refractivity contribution in [2.45, 2.75) is 5.25 Å². The molecule has 1 aliphatic heterocycles. The highest BCUT2D eigenvalue weighted by Gasteiger charge is 2.18. The van der Waals surface area contributed by atoms with Crippen LogP contribution in [0.5, 0.6) is 0 Å². The minimum absolute atomic E-state index is 0.121. The van der Waals surface area contributed by atoms with Crippen molar-refractivity contribution in [2.75, 3.05) is 29.2 Å². The quantitative estimate of drug-likeness (QED) is 0.426. The number of nitrogens with zero attached hydrogens (tertiary/aromatic N) is 1. The number of hydrogen-bond donors (Lipinski definition) is 3. The molecule has 2 rings (SSSR count). The molecule has 1 heterocycles. The lowest BCUT2D eigenvalue weighted by Crippen LogP contribution is -2.33. The molecule has 114 valence electrons. The van der Waals surface area contributed by atoms with Gasteiger partial charge in [0.1, 0.15) is 5.69 Å². The van der Waals surface area contributed by atoms with Gasteiger partial charge in [0.15, 0.2) is 0 Å². The van der Waals surface area contributed by atoms with Crippen LogP contribution in [-0.4, -0.2) is 39.9 Å². The molecule has 1 aliphatic rings. The summed E-state index contributed by atoms with van der Waals surface area (Å²) in [5.41, 5.74) is 2.56. The summed E-state index contributed by atoms with van der Waals surface area (Å²) in [6.07, 6.45) is 0. The summed E-state index contributed by atoms with van der Waals surface area (Å²) >= 11 is 3.75. The van der Waals surface area contributed by atoms with Crippen LogP contribution < -0.4 is 16.6 Å². The van der Waals surface area contributed by atoms with Gasteiger partial charge in [-0.05, 0) is 12.1 Å². The van der Waals surface area contributed by atoms with Crippen LogP contribution in [0, 0.1) is 10.1 Å². The molecule has 1 aromatic rings. The number of amides is 1. The third-order valence-corrected chi connectivity index (χ3v) is 5.83. The average Bonchev–Trinajstić information content (AvgIpc) is 2.52. The number of nitrogens with two attached hydrogens (primary N) is 1. The first-order valence-electron chi connectivity index (χ1n) is 6.34. The second-order valence-electron chi connectivity index (χ2n) is 4.41. The van der Waals surface area contributed by atoms with Crippen molar-refractivity contribution in [3.63, 3.8) is 0 Å². The number of carbonyl (C=O) groups excluding carboxylic acids is 1. The molecule has 1 unspecified atom stereocenters. The zero-order valence-electron chi connectivity index (χ0n) is 11.2. The lowest BCUT2D eigenvalue weighted by molar-refractivity contribution is -0.384. The summed E-state index contributed by atoms with van der Waals surface area (Å²) < 4.78 is 0. The second kappa shape index (κ2) is 7.53. The summed E-state index contributed by atoms with van der Waals surface area (Å²) in [5, 5.41) is 14.1. The molecule has 4 N–H and O–H groups in total. The summed E-state index contributed by atoms with van der Waals surface area (Å²) in [4.78, 5) is 22.3. The Morgan fingerprint density at radius 3 is 2.90 bits per heavy atom. The predicted octanol–water partition coefficient (Wildman–Crippen LogP) is 1.46. The number of nitrogens with one attached hydrogen (secondary N) is 2. The van der Waals surface area contributed by atoms with Crippen LogP contribution in [-0.2, 0) is 0 Å². The Morgan fingerprint density at radius 2 is 2.29 bits per heavy atom. The summed E-state index contributed by atoms with van der Waals surface area (Å²) in [6.45, 7) is 0.596. The van der Waals surface area contributed by atoms with E-state index in [0.29, 0.717) is 17.4 Å². The van der Waals surface area contributed by atoms with Gasteiger partial charge in [0.2, 0.25) is 0 Å². The Labute approximate surface area is 130 Å². The van der Waals surface area contributed by atoms with Gasteiger partial charge in [-0.2, -0.15) is 23.5 Å². The van der Waals surface area contributed by atoms with Crippen LogP contribution in [0.4, 0.5) is 11.4 Å². The number of nitro benzene ring substituents is 1. The maximum Gasteiger partial charge on any atom is 0.293 e. The van der Waals surface area contributed by atoms with Gasteiger partial charge < -0.3 is 10.7 Å². The highest BCUT2D eigenvalue weighted by atomic mass is 32.2. The molecule has 1 aromatic carbocycles. The Balaban J connectivity index is 2.00. The molecule has 1 saturated heterocycles. The number of nitro groups is 1. The SMILES string of the molecule is NNc1cc(C(=O)NCC2CSCCS2)ccc1[N+](=O)[O-]. The molecule has 1 fully saturated rings. The van der Waals surface area contributed by atoms with E-state index in [1.54, 1.807) is 0 Å². The zero-order valence-corrected chi connectivity index (χ0v) is 12.8. The van der Waals surface area contributed by atoms with E-state index in [-0.39, 0.29) is 17.3 Å². The van der Waals surface area contributed by atoms with E-state index in [1.807, 2.05) is 23.5 Å². The fourth-order valence-electron chi connectivity index (χ4n) is 1.92. The van der Waals surface area contributed by atoms with E-state index >= 15 is 0 Å². The largest absolute Gasteiger partial charge is 0.351 e. The van der Waals surface area contributed by atoms with Gasteiger partial charge in [0, 0.05) is 40.7 Å². The van der Waals surface area contributed by atoms with Crippen molar-refractivity contribution >= 4 is 40.8 Å². The molecule has 0 bridgehead atoms. The van der Waals surface area contributed by atoms with E-state index in [4.69, 9.17) is 5.84 Å². The zero-order chi connectivity index (χ0) is 15.2. The Bertz CT molecular complexity index is 535. The topological polar surface area (TPSA) is 110 Å². The highest BCUT2D eigenvalue weighted by Crippen LogP contribution is 2.25. The molecule has 0 aromatic heterocycles. The summed E-state index contributed by atoms with van der Waals surface area (Å²) in [6, 6.07) is 4.09. The minimum atomic E-state index is -0.549. The lowest BCUT2D eigenvalue weighted by Gasteiger charge is -2.21. The normalized spacial score (nSPS) is 18.0. The van der Waals surface area contributed by atoms with Gasteiger partial charge in [-0.1, -0.05) is 0 Å². The van der Waals surface area contributed by atoms with E-state index < -0.39 is 4.92 Å². The van der Waals surface area contributed by atoms with Gasteiger partial charge in [0.05, 0.1) is 4.92 Å². The van der Waals surface area contributed by atoms with Crippen LogP contribution in [0.3, 0.4) is 0 Å². The third kappa shape index (κ3) is 4.26. The van der Waals surface area contributed by atoms with Crippen LogP contribution in [0.1, 0.15) is 10.4 Å². The molecule has 0 radical (unpaired) electrons. The van der Waals surface area contributed by atoms with Gasteiger partial charge >= 0.3 is 0 Å². The number of hydrazine groups is 1. The second-order valence-corrected chi connectivity index (χ2v) is 6.97. The fourth-order valence-corrected chi connectivity index (χ4v) is 4.53. The molecule has 1 atom stereocenters. The Morgan fingerprint density at radius 1 is 1.48 bits per heavy atom. The fraction of sp³-hybridized carbons (Fsp3) is 0.417. The van der Waals surface area contributed by atoms with E-state index in [9.17, 15) is 14.9 Å². The summed E-state index contributed by atoms with van der Waals surface area (Å²) in [5.74, 6) is 8.29. The minimum Gasteiger partial charge on any atom is -0.351 e. The highest BCUT2D eigenvalue weighted by molar-refractivity contribution is 8.06. The molecule has 21 heavy (non-hydrogen) atoms. The number of hydrogen-bond acceptors (Lipinski definition) is 7. The molecule has 0 saturated carbocycles. The van der Waals surface area contributed by atoms with Crippen molar-refractivity contribution in [3.8, 4) is 0 Å². The van der Waals surface area contributed by atoms with E-state index in [1.165, 1.54) is 18.2 Å². The van der Waals surface area contributed by atoms with Crippen molar-refractivity contribution < 1.29 is 9.72 Å². The molecule has 0 spiro atoms. The first kappa shape index (κ1) is 15.9. The van der Waals surface area contributed by atoms with Crippen LogP contribution >= 0.6 is 23.5 Å². The Hall–Kier alpha value is -1.45. The third-order valence-electron chi connectivity index (χ3n) is 2.99. The standard InChI is InChI=1S/C12H16N4O3S2/c13-15-10-5-8(1-2-11(10)16(18)19)12(17)14-6-9-7-20-3-4-21-9/h1-2,5,9,15H,3-4,6-7,13H2,(H,14,17). The van der Waals surface area contributed by atoms with Gasteiger partial charge in [-0.15, -0.1) is 0 Å². The number of anilines is 1. The van der Waals surface area contributed by atoms with Crippen molar-refractivity contribution in [1.29, 1.82) is 0 Å². The first-order valence-corrected chi connectivity index (χ1v) is 8.54. The maximum absolute atomic E-state index is 12.1. The monoisotopic (exact) mass is 328 g/mol. The number of nitrogen functional groups attached to an aromatic ring is 1. The van der Waals surface area contributed by atoms with Crippen molar-refractivity contribution in [3.05, 3.63) is 33.9 Å². The number of thioether (sulfide) groups is 2. The molecule has 0 aliphatic carbocycles. The molecule has 9 heteroatoms. The van der Waals surface area contributed by atoms with Gasteiger partial charge in [-0.25, -0.2) is 0 Å². The van der Waals surface area contributed by atoms with E-state index in [0.717, 1.165) is 17.3 Å². The van der Waals surface area contributed by atoms with Crippen molar-refractivity contribution in [2.24, 2.45) is 5.84 Å². The van der Waals surface area contributed by atoms with Crippen LogP contribution in [0.25, 0.3) is 0 Å². The molecule has 7 nitrogen and oxygen atoms in total. The average molecular weight is 328 g/mol. The van der Waals surface area contributed by atoms with E-state index in [2.05, 4.69) is 10.7 Å². The molecule has 1 amide bonds. The van der Waals surface area contributed by atoms with Gasteiger partial charge in [-0.3, -0.25) is 20.8 Å². The lowest BCUT2D eigenvalue weighted by atomic mass is 10.1. The number of carbonyl (C=O) groups is 1. The smallest absolute Gasteiger partial charge is 0.293 e. The summed E-state index contributed by atoms with van der Waals surface area (Å²) in [7, 11) is 0. The number of rotatable bonds is 5. The van der Waals surface area contributed by atoms with Crippen LogP contribution in [0.15, 0.2) is 18.2 Å². The first-order chi connectivity index (χ1) is 10.1. The molecular weight excluding hydrogens is 312 g/mol.